The van der Waals surface area contributed by atoms with Gasteiger partial charge in [0.05, 0.1) is 23.3 Å². The lowest BCUT2D eigenvalue weighted by molar-refractivity contribution is -0.0197. The van der Waals surface area contributed by atoms with Gasteiger partial charge in [-0.15, -0.1) is 0 Å². The summed E-state index contributed by atoms with van der Waals surface area (Å²) >= 11 is 5.92. The number of sulfonamides is 1. The molecule has 2 fully saturated rings. The van der Waals surface area contributed by atoms with Gasteiger partial charge in [0, 0.05) is 7.05 Å². The number of nitrogens with one attached hydrogen (secondary N) is 1. The van der Waals surface area contributed by atoms with Gasteiger partial charge < -0.3 is 10.1 Å². The van der Waals surface area contributed by atoms with E-state index in [0.717, 1.165) is 38.1 Å². The molecule has 0 aromatic heterocycles. The largest absolute Gasteiger partial charge is 0.373 e. The molecule has 5 nitrogen and oxygen atoms in total. The third-order valence-corrected chi connectivity index (χ3v) is 7.16. The summed E-state index contributed by atoms with van der Waals surface area (Å²) in [5.41, 5.74) is -0.230. The predicted molar refractivity (Wildman–Crippen MR) is 85.6 cm³/mol. The fourth-order valence-corrected chi connectivity index (χ4v) is 5.16. The minimum atomic E-state index is -3.79. The maximum Gasteiger partial charge on any atom is 0.244 e. The molecule has 2 saturated heterocycles. The molecule has 1 N–H and O–H groups in total. The van der Waals surface area contributed by atoms with Crippen LogP contribution >= 0.6 is 11.6 Å². The Morgan fingerprint density at radius 3 is 2.74 bits per heavy atom. The molecule has 8 heteroatoms. The molecule has 0 bridgehead atoms. The predicted octanol–water partition coefficient (Wildman–Crippen LogP) is 2.01. The van der Waals surface area contributed by atoms with Gasteiger partial charge in [0.2, 0.25) is 10.0 Å². The molecule has 1 atom stereocenters. The first-order chi connectivity index (χ1) is 10.8. The second-order valence-electron chi connectivity index (χ2n) is 6.20. The van der Waals surface area contributed by atoms with Crippen LogP contribution in [0.5, 0.6) is 0 Å². The summed E-state index contributed by atoms with van der Waals surface area (Å²) in [5.74, 6) is -0.561. The monoisotopic (exact) mass is 362 g/mol. The van der Waals surface area contributed by atoms with E-state index in [9.17, 15) is 12.8 Å². The lowest BCUT2D eigenvalue weighted by atomic mass is 9.88. The molecule has 23 heavy (non-hydrogen) atoms. The normalized spacial score (nSPS) is 24.4. The molecule has 0 saturated carbocycles. The van der Waals surface area contributed by atoms with Crippen LogP contribution in [-0.4, -0.2) is 51.1 Å². The first-order valence-electron chi connectivity index (χ1n) is 7.62. The Hall–Kier alpha value is -0.730. The van der Waals surface area contributed by atoms with Crippen LogP contribution in [-0.2, 0) is 14.8 Å². The van der Waals surface area contributed by atoms with Crippen LogP contribution in [0.1, 0.15) is 19.3 Å². The number of hydrogen-bond acceptors (Lipinski definition) is 4. The molecular formula is C15H20ClFN2O3S. The van der Waals surface area contributed by atoms with Gasteiger partial charge in [-0.2, -0.15) is 4.31 Å². The molecule has 2 heterocycles. The highest BCUT2D eigenvalue weighted by Gasteiger charge is 2.45. The lowest BCUT2D eigenvalue weighted by Gasteiger charge is -2.33. The van der Waals surface area contributed by atoms with Gasteiger partial charge in [-0.3, -0.25) is 0 Å². The Kier molecular flexibility index (Phi) is 4.68. The molecule has 1 spiro atoms. The maximum absolute atomic E-state index is 13.2. The number of rotatable bonds is 3. The molecule has 1 aromatic carbocycles. The second kappa shape index (κ2) is 6.29. The van der Waals surface area contributed by atoms with E-state index in [1.54, 1.807) is 0 Å². The summed E-state index contributed by atoms with van der Waals surface area (Å²) in [6.45, 7) is 2.13. The second-order valence-corrected chi connectivity index (χ2v) is 8.57. The van der Waals surface area contributed by atoms with Crippen LogP contribution in [0.25, 0.3) is 0 Å². The average Bonchev–Trinajstić information content (AvgIpc) is 2.90. The van der Waals surface area contributed by atoms with E-state index in [1.165, 1.54) is 17.4 Å². The molecule has 128 valence electrons. The van der Waals surface area contributed by atoms with E-state index in [4.69, 9.17) is 16.3 Å². The van der Waals surface area contributed by atoms with Gasteiger partial charge in [-0.05, 0) is 50.6 Å². The first-order valence-corrected chi connectivity index (χ1v) is 9.44. The number of nitrogens with zero attached hydrogens (tertiary/aromatic N) is 1. The van der Waals surface area contributed by atoms with Crippen LogP contribution in [0.15, 0.2) is 23.1 Å². The SMILES string of the molecule is CN([C@H]1COC2(CCNCC2)C1)S(=O)(=O)c1ccc(F)cc1Cl. The van der Waals surface area contributed by atoms with Gasteiger partial charge >= 0.3 is 0 Å². The number of ether oxygens (including phenoxy) is 1. The molecule has 1 aromatic rings. The van der Waals surface area contributed by atoms with E-state index >= 15 is 0 Å². The highest BCUT2D eigenvalue weighted by Crippen LogP contribution is 2.37. The Labute approximate surface area is 140 Å². The van der Waals surface area contributed by atoms with E-state index in [2.05, 4.69) is 5.32 Å². The molecule has 0 aliphatic carbocycles. The van der Waals surface area contributed by atoms with Crippen molar-refractivity contribution in [1.82, 2.24) is 9.62 Å². The van der Waals surface area contributed by atoms with Gasteiger partial charge in [0.25, 0.3) is 0 Å². The summed E-state index contributed by atoms with van der Waals surface area (Å²) < 4.78 is 46.0. The smallest absolute Gasteiger partial charge is 0.244 e. The first kappa shape index (κ1) is 17.1. The van der Waals surface area contributed by atoms with Crippen molar-refractivity contribution >= 4 is 21.6 Å². The zero-order valence-electron chi connectivity index (χ0n) is 12.9. The summed E-state index contributed by atoms with van der Waals surface area (Å²) in [5, 5.41) is 3.18. The van der Waals surface area contributed by atoms with Gasteiger partial charge in [-0.25, -0.2) is 12.8 Å². The Bertz CT molecular complexity index is 692. The molecule has 3 rings (SSSR count). The van der Waals surface area contributed by atoms with E-state index in [-0.39, 0.29) is 21.6 Å². The van der Waals surface area contributed by atoms with Crippen molar-refractivity contribution in [2.24, 2.45) is 0 Å². The Morgan fingerprint density at radius 2 is 2.09 bits per heavy atom. The average molecular weight is 363 g/mol. The van der Waals surface area contributed by atoms with Crippen LogP contribution < -0.4 is 5.32 Å². The molecule has 0 amide bonds. The number of benzene rings is 1. The Balaban J connectivity index is 1.80. The van der Waals surface area contributed by atoms with Gasteiger partial charge in [-0.1, -0.05) is 11.6 Å². The number of likely N-dealkylation sites (N-methyl/N-ethyl adjacent to an activating group) is 1. The summed E-state index contributed by atoms with van der Waals surface area (Å²) in [6, 6.07) is 3.09. The van der Waals surface area contributed by atoms with Crippen molar-refractivity contribution in [3.05, 3.63) is 29.0 Å². The lowest BCUT2D eigenvalue weighted by Crippen LogP contribution is -2.43. The van der Waals surface area contributed by atoms with Crippen molar-refractivity contribution in [3.8, 4) is 0 Å². The van der Waals surface area contributed by atoms with E-state index in [0.29, 0.717) is 13.0 Å². The highest BCUT2D eigenvalue weighted by molar-refractivity contribution is 7.89. The van der Waals surface area contributed by atoms with E-state index < -0.39 is 15.8 Å². The minimum Gasteiger partial charge on any atom is -0.373 e. The molecule has 0 unspecified atom stereocenters. The topological polar surface area (TPSA) is 58.6 Å². The molecule has 2 aliphatic heterocycles. The molecular weight excluding hydrogens is 343 g/mol. The van der Waals surface area contributed by atoms with Crippen molar-refractivity contribution in [2.45, 2.75) is 35.8 Å². The fourth-order valence-electron chi connectivity index (χ4n) is 3.32. The summed E-state index contributed by atoms with van der Waals surface area (Å²) in [7, 11) is -2.26. The molecule has 0 radical (unpaired) electrons. The number of piperidine rings is 1. The van der Waals surface area contributed by atoms with Crippen molar-refractivity contribution in [1.29, 1.82) is 0 Å². The molecule has 2 aliphatic rings. The van der Waals surface area contributed by atoms with Crippen molar-refractivity contribution in [2.75, 3.05) is 26.7 Å². The van der Waals surface area contributed by atoms with Crippen LogP contribution in [0.2, 0.25) is 5.02 Å². The quantitative estimate of drug-likeness (QED) is 0.893. The summed E-state index contributed by atoms with van der Waals surface area (Å²) in [4.78, 5) is -0.0747. The number of hydrogen-bond donors (Lipinski definition) is 1. The summed E-state index contributed by atoms with van der Waals surface area (Å²) in [6.07, 6.45) is 2.44. The third-order valence-electron chi connectivity index (χ3n) is 4.77. The zero-order chi connectivity index (χ0) is 16.7. The van der Waals surface area contributed by atoms with Gasteiger partial charge in [0.1, 0.15) is 10.7 Å². The maximum atomic E-state index is 13.2. The minimum absolute atomic E-state index is 0.0747. The highest BCUT2D eigenvalue weighted by atomic mass is 35.5. The van der Waals surface area contributed by atoms with Crippen LogP contribution in [0.4, 0.5) is 4.39 Å². The fraction of sp³-hybridized carbons (Fsp3) is 0.600. The standard InChI is InChI=1S/C15H20ClFN2O3S/c1-19(12-9-15(22-10-12)4-6-18-7-5-15)23(20,21)14-3-2-11(17)8-13(14)16/h2-3,8,12,18H,4-7,9-10H2,1H3/t12-/m1/s1. The Morgan fingerprint density at radius 1 is 1.39 bits per heavy atom. The zero-order valence-corrected chi connectivity index (χ0v) is 14.5. The van der Waals surface area contributed by atoms with Crippen molar-refractivity contribution in [3.63, 3.8) is 0 Å². The van der Waals surface area contributed by atoms with Crippen molar-refractivity contribution < 1.29 is 17.5 Å². The third kappa shape index (κ3) is 3.25. The van der Waals surface area contributed by atoms with E-state index in [1.807, 2.05) is 0 Å². The van der Waals surface area contributed by atoms with Crippen LogP contribution in [0.3, 0.4) is 0 Å². The van der Waals surface area contributed by atoms with Crippen LogP contribution in [0, 0.1) is 5.82 Å². The van der Waals surface area contributed by atoms with Gasteiger partial charge in [0.15, 0.2) is 0 Å². The number of halogens is 2.